The van der Waals surface area contributed by atoms with Crippen LogP contribution in [0.1, 0.15) is 38.2 Å². The number of carbonyl (C=O) groups is 1. The average molecular weight is 238 g/mol. The smallest absolute Gasteiger partial charge is 0.247 e. The van der Waals surface area contributed by atoms with Gasteiger partial charge in [-0.25, -0.2) is 0 Å². The number of amides is 1. The standard InChI is InChI=1S/C12H22N4O/c1-6-15(7-2)12(17)10(5)16-9(4)11(13)8(3)14-16/h10H,6-7,13H2,1-5H3. The third-order valence-corrected chi connectivity index (χ3v) is 3.18. The predicted octanol–water partition coefficient (Wildman–Crippen LogP) is 1.51. The molecule has 0 radical (unpaired) electrons. The van der Waals surface area contributed by atoms with Crippen molar-refractivity contribution >= 4 is 11.6 Å². The van der Waals surface area contributed by atoms with Crippen LogP contribution in [-0.2, 0) is 4.79 Å². The summed E-state index contributed by atoms with van der Waals surface area (Å²) in [6.07, 6.45) is 0. The molecule has 0 saturated carbocycles. The second-order valence-electron chi connectivity index (χ2n) is 4.22. The summed E-state index contributed by atoms with van der Waals surface area (Å²) in [6, 6.07) is -0.300. The van der Waals surface area contributed by atoms with E-state index in [-0.39, 0.29) is 11.9 Å². The van der Waals surface area contributed by atoms with Gasteiger partial charge in [0.25, 0.3) is 0 Å². The van der Waals surface area contributed by atoms with Crippen LogP contribution >= 0.6 is 0 Å². The van der Waals surface area contributed by atoms with Gasteiger partial charge in [-0.3, -0.25) is 9.48 Å². The number of hydrogen-bond acceptors (Lipinski definition) is 3. The molecule has 1 amide bonds. The zero-order chi connectivity index (χ0) is 13.2. The van der Waals surface area contributed by atoms with Crippen LogP contribution in [0.4, 0.5) is 5.69 Å². The van der Waals surface area contributed by atoms with Crippen molar-refractivity contribution in [2.24, 2.45) is 0 Å². The Labute approximate surface area is 103 Å². The van der Waals surface area contributed by atoms with Gasteiger partial charge in [-0.1, -0.05) is 0 Å². The van der Waals surface area contributed by atoms with Crippen molar-refractivity contribution in [3.05, 3.63) is 11.4 Å². The number of anilines is 1. The normalized spacial score (nSPS) is 12.5. The summed E-state index contributed by atoms with van der Waals surface area (Å²) >= 11 is 0. The number of nitrogens with two attached hydrogens (primary N) is 1. The summed E-state index contributed by atoms with van der Waals surface area (Å²) in [5.41, 5.74) is 8.18. The van der Waals surface area contributed by atoms with Gasteiger partial charge in [0.1, 0.15) is 6.04 Å². The second kappa shape index (κ2) is 5.21. The summed E-state index contributed by atoms with van der Waals surface area (Å²) in [4.78, 5) is 14.0. The Kier molecular flexibility index (Phi) is 4.15. The maximum absolute atomic E-state index is 12.2. The van der Waals surface area contributed by atoms with Crippen LogP contribution in [0.5, 0.6) is 0 Å². The van der Waals surface area contributed by atoms with Crippen LogP contribution in [0.3, 0.4) is 0 Å². The molecule has 0 bridgehead atoms. The van der Waals surface area contributed by atoms with Crippen molar-refractivity contribution in [1.82, 2.24) is 14.7 Å². The largest absolute Gasteiger partial charge is 0.396 e. The summed E-state index contributed by atoms with van der Waals surface area (Å²) in [5, 5.41) is 4.33. The number of nitrogen functional groups attached to an aromatic ring is 1. The van der Waals surface area contributed by atoms with Crippen molar-refractivity contribution in [2.75, 3.05) is 18.8 Å². The predicted molar refractivity (Wildman–Crippen MR) is 68.8 cm³/mol. The van der Waals surface area contributed by atoms with E-state index in [1.807, 2.05) is 34.6 Å². The van der Waals surface area contributed by atoms with Crippen LogP contribution in [0.15, 0.2) is 0 Å². The SMILES string of the molecule is CCN(CC)C(=O)C(C)n1nc(C)c(N)c1C. The van der Waals surface area contributed by atoms with E-state index in [0.29, 0.717) is 18.8 Å². The van der Waals surface area contributed by atoms with Gasteiger partial charge in [0.15, 0.2) is 0 Å². The number of nitrogens with zero attached hydrogens (tertiary/aromatic N) is 3. The van der Waals surface area contributed by atoms with Gasteiger partial charge in [0, 0.05) is 13.1 Å². The minimum absolute atomic E-state index is 0.0839. The molecule has 0 saturated heterocycles. The molecule has 0 fully saturated rings. The van der Waals surface area contributed by atoms with Crippen LogP contribution in [0.25, 0.3) is 0 Å². The maximum atomic E-state index is 12.2. The molecule has 0 aliphatic heterocycles. The van der Waals surface area contributed by atoms with Crippen molar-refractivity contribution < 1.29 is 4.79 Å². The van der Waals surface area contributed by atoms with Crippen molar-refractivity contribution in [2.45, 2.75) is 40.7 Å². The van der Waals surface area contributed by atoms with Gasteiger partial charge in [-0.2, -0.15) is 5.10 Å². The van der Waals surface area contributed by atoms with E-state index < -0.39 is 0 Å². The van der Waals surface area contributed by atoms with E-state index in [2.05, 4.69) is 5.10 Å². The average Bonchev–Trinajstić information content (AvgIpc) is 2.57. The summed E-state index contributed by atoms with van der Waals surface area (Å²) in [6.45, 7) is 11.0. The first-order valence-electron chi connectivity index (χ1n) is 6.03. The van der Waals surface area contributed by atoms with E-state index in [0.717, 1.165) is 11.4 Å². The summed E-state index contributed by atoms with van der Waals surface area (Å²) in [5.74, 6) is 0.0839. The lowest BCUT2D eigenvalue weighted by Crippen LogP contribution is -2.36. The van der Waals surface area contributed by atoms with Gasteiger partial charge >= 0.3 is 0 Å². The molecular weight excluding hydrogens is 216 g/mol. The Hall–Kier alpha value is -1.52. The van der Waals surface area contributed by atoms with Gasteiger partial charge < -0.3 is 10.6 Å². The Balaban J connectivity index is 3.00. The molecule has 1 unspecified atom stereocenters. The van der Waals surface area contributed by atoms with Crippen molar-refractivity contribution in [1.29, 1.82) is 0 Å². The first-order chi connectivity index (χ1) is 7.93. The minimum atomic E-state index is -0.300. The highest BCUT2D eigenvalue weighted by atomic mass is 16.2. The molecule has 1 rings (SSSR count). The van der Waals surface area contributed by atoms with Crippen molar-refractivity contribution in [3.8, 4) is 0 Å². The number of hydrogen-bond donors (Lipinski definition) is 1. The van der Waals surface area contributed by atoms with Gasteiger partial charge in [-0.05, 0) is 34.6 Å². The third kappa shape index (κ3) is 2.43. The van der Waals surface area contributed by atoms with E-state index >= 15 is 0 Å². The fourth-order valence-corrected chi connectivity index (χ4v) is 1.96. The molecule has 2 N–H and O–H groups in total. The monoisotopic (exact) mass is 238 g/mol. The van der Waals surface area contributed by atoms with Crippen LogP contribution in [0.2, 0.25) is 0 Å². The highest BCUT2D eigenvalue weighted by Gasteiger charge is 2.23. The molecule has 5 heteroatoms. The lowest BCUT2D eigenvalue weighted by molar-refractivity contribution is -0.134. The number of rotatable bonds is 4. The van der Waals surface area contributed by atoms with E-state index in [1.54, 1.807) is 9.58 Å². The highest BCUT2D eigenvalue weighted by molar-refractivity contribution is 5.80. The molecule has 5 nitrogen and oxygen atoms in total. The quantitative estimate of drug-likeness (QED) is 0.864. The Morgan fingerprint density at radius 3 is 2.29 bits per heavy atom. The minimum Gasteiger partial charge on any atom is -0.396 e. The van der Waals surface area contributed by atoms with E-state index in [1.165, 1.54) is 0 Å². The van der Waals surface area contributed by atoms with Crippen LogP contribution in [0, 0.1) is 13.8 Å². The number of carbonyl (C=O) groups excluding carboxylic acids is 1. The molecule has 96 valence electrons. The number of aromatic nitrogens is 2. The molecule has 1 aromatic rings. The molecule has 0 aliphatic rings. The molecule has 0 spiro atoms. The lowest BCUT2D eigenvalue weighted by Gasteiger charge is -2.23. The number of likely N-dealkylation sites (N-methyl/N-ethyl adjacent to an activating group) is 1. The van der Waals surface area contributed by atoms with Gasteiger partial charge in [-0.15, -0.1) is 0 Å². The molecule has 1 heterocycles. The first kappa shape index (κ1) is 13.5. The Morgan fingerprint density at radius 1 is 1.41 bits per heavy atom. The van der Waals surface area contributed by atoms with Crippen LogP contribution in [-0.4, -0.2) is 33.7 Å². The maximum Gasteiger partial charge on any atom is 0.247 e. The third-order valence-electron chi connectivity index (χ3n) is 3.18. The van der Waals surface area contributed by atoms with Crippen LogP contribution < -0.4 is 5.73 Å². The zero-order valence-corrected chi connectivity index (χ0v) is 11.3. The highest BCUT2D eigenvalue weighted by Crippen LogP contribution is 2.20. The summed E-state index contributed by atoms with van der Waals surface area (Å²) in [7, 11) is 0. The molecule has 1 atom stereocenters. The molecular formula is C12H22N4O. The molecule has 17 heavy (non-hydrogen) atoms. The lowest BCUT2D eigenvalue weighted by atomic mass is 10.2. The fraction of sp³-hybridized carbons (Fsp3) is 0.667. The molecule has 0 aromatic carbocycles. The number of aryl methyl sites for hydroxylation is 1. The first-order valence-corrected chi connectivity index (χ1v) is 6.03. The zero-order valence-electron chi connectivity index (χ0n) is 11.3. The van der Waals surface area contributed by atoms with E-state index in [9.17, 15) is 4.79 Å². The molecule has 1 aromatic heterocycles. The Morgan fingerprint density at radius 2 is 1.94 bits per heavy atom. The summed E-state index contributed by atoms with van der Waals surface area (Å²) < 4.78 is 1.71. The fourth-order valence-electron chi connectivity index (χ4n) is 1.96. The molecule has 0 aliphatic carbocycles. The van der Waals surface area contributed by atoms with Gasteiger partial charge in [0.05, 0.1) is 17.1 Å². The Bertz CT molecular complexity index is 407. The topological polar surface area (TPSA) is 64.2 Å². The van der Waals surface area contributed by atoms with Crippen molar-refractivity contribution in [3.63, 3.8) is 0 Å². The second-order valence-corrected chi connectivity index (χ2v) is 4.22. The van der Waals surface area contributed by atoms with Gasteiger partial charge in [0.2, 0.25) is 5.91 Å². The van der Waals surface area contributed by atoms with E-state index in [4.69, 9.17) is 5.73 Å².